The molecule has 0 unspecified atom stereocenters. The topological polar surface area (TPSA) is 33.1 Å². The third-order valence-corrected chi connectivity index (χ3v) is 3.29. The first-order valence-electron chi connectivity index (χ1n) is 4.43. The summed E-state index contributed by atoms with van der Waals surface area (Å²) in [5.41, 5.74) is 0. The van der Waals surface area contributed by atoms with E-state index in [0.717, 1.165) is 11.8 Å². The van der Waals surface area contributed by atoms with Crippen molar-refractivity contribution in [3.05, 3.63) is 0 Å². The van der Waals surface area contributed by atoms with Crippen LogP contribution in [0.5, 0.6) is 0 Å². The Morgan fingerprint density at radius 1 is 1.36 bits per heavy atom. The second-order valence-electron chi connectivity index (χ2n) is 3.85. The molecule has 3 atom stereocenters. The number of fused-ring (bicyclic) bond motifs is 2. The molecule has 0 aromatic carbocycles. The van der Waals surface area contributed by atoms with Gasteiger partial charge in [0.1, 0.15) is 0 Å². The van der Waals surface area contributed by atoms with Crippen LogP contribution < -0.4 is 0 Å². The van der Waals surface area contributed by atoms with Crippen molar-refractivity contribution in [1.82, 2.24) is 0 Å². The highest BCUT2D eigenvalue weighted by Gasteiger charge is 2.41. The molecule has 1 N–H and O–H groups in total. The number of rotatable bonds is 1. The molecule has 0 radical (unpaired) electrons. The van der Waals surface area contributed by atoms with Crippen molar-refractivity contribution < 1.29 is 4.74 Å². The van der Waals surface area contributed by atoms with Gasteiger partial charge in [-0.25, -0.2) is 0 Å². The molecule has 0 heterocycles. The highest BCUT2D eigenvalue weighted by atomic mass is 16.5. The van der Waals surface area contributed by atoms with Crippen LogP contribution >= 0.6 is 0 Å². The van der Waals surface area contributed by atoms with Crippen LogP contribution in [0, 0.1) is 23.2 Å². The fourth-order valence-electron chi connectivity index (χ4n) is 2.72. The van der Waals surface area contributed by atoms with Crippen molar-refractivity contribution >= 4 is 5.90 Å². The molecule has 0 spiro atoms. The van der Waals surface area contributed by atoms with Gasteiger partial charge >= 0.3 is 0 Å². The maximum Gasteiger partial charge on any atom is 0.183 e. The first-order valence-corrected chi connectivity index (χ1v) is 4.43. The van der Waals surface area contributed by atoms with Gasteiger partial charge in [-0.05, 0) is 31.1 Å². The molecule has 0 aromatic heterocycles. The van der Waals surface area contributed by atoms with E-state index in [-0.39, 0.29) is 0 Å². The van der Waals surface area contributed by atoms with Crippen molar-refractivity contribution in [3.8, 4) is 0 Å². The van der Waals surface area contributed by atoms with Crippen LogP contribution in [0.15, 0.2) is 0 Å². The van der Waals surface area contributed by atoms with E-state index >= 15 is 0 Å². The number of ether oxygens (including phenoxy) is 1. The first kappa shape index (κ1) is 7.14. The van der Waals surface area contributed by atoms with E-state index in [1.165, 1.54) is 25.7 Å². The van der Waals surface area contributed by atoms with Gasteiger partial charge in [0.15, 0.2) is 5.90 Å². The molecule has 2 saturated carbocycles. The van der Waals surface area contributed by atoms with E-state index in [4.69, 9.17) is 10.1 Å². The Labute approximate surface area is 67.4 Å². The molecule has 2 fully saturated rings. The zero-order valence-electron chi connectivity index (χ0n) is 6.97. The first-order chi connectivity index (χ1) is 5.31. The molecule has 2 heteroatoms. The summed E-state index contributed by atoms with van der Waals surface area (Å²) in [5.74, 6) is 2.70. The van der Waals surface area contributed by atoms with E-state index in [1.54, 1.807) is 7.11 Å². The summed E-state index contributed by atoms with van der Waals surface area (Å²) in [6.07, 6.45) is 5.31. The number of hydrogen-bond donors (Lipinski definition) is 1. The summed E-state index contributed by atoms with van der Waals surface area (Å²) in [5, 5.41) is 7.57. The van der Waals surface area contributed by atoms with Crippen molar-refractivity contribution in [3.63, 3.8) is 0 Å². The van der Waals surface area contributed by atoms with E-state index in [9.17, 15) is 0 Å². The quantitative estimate of drug-likeness (QED) is 0.454. The van der Waals surface area contributed by atoms with Gasteiger partial charge in [-0.1, -0.05) is 6.42 Å². The Kier molecular flexibility index (Phi) is 1.63. The molecule has 11 heavy (non-hydrogen) atoms. The van der Waals surface area contributed by atoms with Gasteiger partial charge in [0.05, 0.1) is 7.11 Å². The molecule has 2 aliphatic rings. The van der Waals surface area contributed by atoms with E-state index in [0.29, 0.717) is 11.8 Å². The molecule has 0 aliphatic heterocycles. The Hall–Kier alpha value is -0.530. The van der Waals surface area contributed by atoms with Crippen LogP contribution in [-0.4, -0.2) is 13.0 Å². The lowest BCUT2D eigenvalue weighted by atomic mass is 9.89. The number of nitrogens with one attached hydrogen (secondary N) is 1. The van der Waals surface area contributed by atoms with Crippen LogP contribution in [0.2, 0.25) is 0 Å². The summed E-state index contributed by atoms with van der Waals surface area (Å²) < 4.78 is 4.97. The Bertz CT molecular complexity index is 178. The molecule has 0 aromatic rings. The molecule has 2 rings (SSSR count). The highest BCUT2D eigenvalue weighted by molar-refractivity contribution is 5.76. The van der Waals surface area contributed by atoms with Gasteiger partial charge in [-0.3, -0.25) is 5.41 Å². The van der Waals surface area contributed by atoms with Crippen LogP contribution in [0.3, 0.4) is 0 Å². The predicted octanol–water partition coefficient (Wildman–Crippen LogP) is 2.05. The molecule has 2 aliphatic carbocycles. The lowest BCUT2D eigenvalue weighted by molar-refractivity contribution is 0.311. The average molecular weight is 153 g/mol. The van der Waals surface area contributed by atoms with E-state index in [1.807, 2.05) is 0 Å². The minimum absolute atomic E-state index is 0.471. The molecule has 0 saturated heterocycles. The second-order valence-corrected chi connectivity index (χ2v) is 3.85. The largest absolute Gasteiger partial charge is 0.484 e. The van der Waals surface area contributed by atoms with Crippen molar-refractivity contribution in [2.24, 2.45) is 17.8 Å². The fraction of sp³-hybridized carbons (Fsp3) is 0.889. The Balaban J connectivity index is 2.02. The number of methoxy groups -OCH3 is 1. The molecular formula is C9H15NO. The minimum atomic E-state index is 0.471. The summed E-state index contributed by atoms with van der Waals surface area (Å²) >= 11 is 0. The zero-order chi connectivity index (χ0) is 7.84. The third-order valence-electron chi connectivity index (χ3n) is 3.29. The van der Waals surface area contributed by atoms with Crippen LogP contribution in [-0.2, 0) is 4.74 Å². The van der Waals surface area contributed by atoms with Gasteiger partial charge in [0.2, 0.25) is 0 Å². The molecule has 2 bridgehead atoms. The smallest absolute Gasteiger partial charge is 0.183 e. The lowest BCUT2D eigenvalue weighted by Crippen LogP contribution is -2.21. The molecule has 2 nitrogen and oxygen atoms in total. The second kappa shape index (κ2) is 2.50. The summed E-state index contributed by atoms with van der Waals surface area (Å²) in [7, 11) is 1.62. The summed E-state index contributed by atoms with van der Waals surface area (Å²) in [4.78, 5) is 0. The third kappa shape index (κ3) is 1.05. The predicted molar refractivity (Wildman–Crippen MR) is 43.7 cm³/mol. The standard InChI is InChI=1S/C9H15NO/c1-11-9(10)8-5-6-2-3-7(8)4-6/h6-8,10H,2-5H2,1H3/t6-,7+,8-/m0/s1. The lowest BCUT2D eigenvalue weighted by Gasteiger charge is -2.20. The van der Waals surface area contributed by atoms with Crippen LogP contribution in [0.1, 0.15) is 25.7 Å². The highest BCUT2D eigenvalue weighted by Crippen LogP contribution is 2.48. The molecular weight excluding hydrogens is 138 g/mol. The van der Waals surface area contributed by atoms with Gasteiger partial charge in [0, 0.05) is 5.92 Å². The fourth-order valence-corrected chi connectivity index (χ4v) is 2.72. The molecule has 0 amide bonds. The summed E-state index contributed by atoms with van der Waals surface area (Å²) in [6, 6.07) is 0. The SMILES string of the molecule is COC(=N)[C@H]1C[C@H]2CC[C@@H]1C2. The van der Waals surface area contributed by atoms with Crippen molar-refractivity contribution in [2.75, 3.05) is 7.11 Å². The minimum Gasteiger partial charge on any atom is -0.484 e. The normalized spacial score (nSPS) is 41.0. The van der Waals surface area contributed by atoms with Crippen LogP contribution in [0.25, 0.3) is 0 Å². The van der Waals surface area contributed by atoms with Crippen molar-refractivity contribution in [2.45, 2.75) is 25.7 Å². The van der Waals surface area contributed by atoms with Crippen LogP contribution in [0.4, 0.5) is 0 Å². The van der Waals surface area contributed by atoms with Gasteiger partial charge < -0.3 is 4.74 Å². The Morgan fingerprint density at radius 3 is 2.64 bits per heavy atom. The van der Waals surface area contributed by atoms with E-state index in [2.05, 4.69) is 0 Å². The van der Waals surface area contributed by atoms with E-state index < -0.39 is 0 Å². The monoisotopic (exact) mass is 153 g/mol. The van der Waals surface area contributed by atoms with Gasteiger partial charge in [-0.2, -0.15) is 0 Å². The van der Waals surface area contributed by atoms with Gasteiger partial charge in [0.25, 0.3) is 0 Å². The zero-order valence-corrected chi connectivity index (χ0v) is 6.97. The van der Waals surface area contributed by atoms with Crippen molar-refractivity contribution in [1.29, 1.82) is 5.41 Å². The maximum absolute atomic E-state index is 7.57. The summed E-state index contributed by atoms with van der Waals surface area (Å²) in [6.45, 7) is 0. The molecule has 62 valence electrons. The maximum atomic E-state index is 7.57. The number of hydrogen-bond acceptors (Lipinski definition) is 2. The Morgan fingerprint density at radius 2 is 2.18 bits per heavy atom. The average Bonchev–Trinajstić information content (AvgIpc) is 2.62. The van der Waals surface area contributed by atoms with Gasteiger partial charge in [-0.15, -0.1) is 0 Å².